The van der Waals surface area contributed by atoms with E-state index in [0.717, 1.165) is 16.1 Å². The van der Waals surface area contributed by atoms with Crippen molar-refractivity contribution in [2.24, 2.45) is 0 Å². The zero-order chi connectivity index (χ0) is 21.7. The first-order valence-corrected chi connectivity index (χ1v) is 10.5. The quantitative estimate of drug-likeness (QED) is 0.587. The van der Waals surface area contributed by atoms with E-state index in [1.807, 2.05) is 49.3 Å². The molecule has 0 saturated heterocycles. The van der Waals surface area contributed by atoms with E-state index in [1.54, 1.807) is 25.6 Å². The van der Waals surface area contributed by atoms with E-state index in [4.69, 9.17) is 14.5 Å². The van der Waals surface area contributed by atoms with E-state index in [0.29, 0.717) is 35.8 Å². The zero-order valence-electron chi connectivity index (χ0n) is 18.0. The van der Waals surface area contributed by atoms with E-state index in [9.17, 15) is 4.79 Å². The van der Waals surface area contributed by atoms with E-state index in [-0.39, 0.29) is 5.91 Å². The van der Waals surface area contributed by atoms with Crippen LogP contribution in [0.15, 0.2) is 41.8 Å². The molecule has 0 bridgehead atoms. The number of nitrogens with one attached hydrogen (secondary N) is 1. The maximum Gasteiger partial charge on any atom is 0.255 e. The van der Waals surface area contributed by atoms with Crippen molar-refractivity contribution in [2.75, 3.05) is 39.8 Å². The summed E-state index contributed by atoms with van der Waals surface area (Å²) in [5.41, 5.74) is 3.70. The second kappa shape index (κ2) is 9.63. The van der Waals surface area contributed by atoms with Gasteiger partial charge in [-0.3, -0.25) is 4.79 Å². The summed E-state index contributed by atoms with van der Waals surface area (Å²) in [4.78, 5) is 20.5. The molecular weight excluding hydrogens is 398 g/mol. The van der Waals surface area contributed by atoms with Crippen LogP contribution in [-0.2, 0) is 6.42 Å². The van der Waals surface area contributed by atoms with Gasteiger partial charge >= 0.3 is 0 Å². The monoisotopic (exact) mass is 425 g/mol. The number of benzene rings is 1. The largest absolute Gasteiger partial charge is 0.493 e. The summed E-state index contributed by atoms with van der Waals surface area (Å²) in [6.45, 7) is 2.57. The lowest BCUT2D eigenvalue weighted by molar-refractivity contribution is 0.0954. The number of carbonyl (C=O) groups excluding carboxylic acids is 1. The van der Waals surface area contributed by atoms with Crippen molar-refractivity contribution >= 4 is 23.1 Å². The molecule has 7 heteroatoms. The predicted octanol–water partition coefficient (Wildman–Crippen LogP) is 4.17. The molecule has 158 valence electrons. The second-order valence-corrected chi connectivity index (χ2v) is 8.06. The smallest absolute Gasteiger partial charge is 0.255 e. The number of hydrogen-bond donors (Lipinski definition) is 1. The number of aryl methyl sites for hydroxylation is 1. The lowest BCUT2D eigenvalue weighted by atomic mass is 10.1. The van der Waals surface area contributed by atoms with Crippen LogP contribution < -0.4 is 19.7 Å². The molecule has 30 heavy (non-hydrogen) atoms. The first-order chi connectivity index (χ1) is 14.4. The lowest BCUT2D eigenvalue weighted by Gasteiger charge is -2.17. The Morgan fingerprint density at radius 1 is 1.10 bits per heavy atom. The highest BCUT2D eigenvalue weighted by Crippen LogP contribution is 2.29. The Balaban J connectivity index is 1.70. The number of rotatable bonds is 8. The third-order valence-electron chi connectivity index (χ3n) is 4.67. The van der Waals surface area contributed by atoms with Crippen LogP contribution in [0.2, 0.25) is 0 Å². The first-order valence-electron chi connectivity index (χ1n) is 9.66. The van der Waals surface area contributed by atoms with Gasteiger partial charge in [0, 0.05) is 20.6 Å². The van der Waals surface area contributed by atoms with Crippen LogP contribution in [0.25, 0.3) is 10.6 Å². The van der Waals surface area contributed by atoms with Crippen LogP contribution in [0.3, 0.4) is 0 Å². The third-order valence-corrected chi connectivity index (χ3v) is 5.74. The molecule has 0 fully saturated rings. The molecule has 3 aromatic rings. The number of pyridine rings is 1. The minimum Gasteiger partial charge on any atom is -0.493 e. The number of methoxy groups -OCH3 is 2. The molecule has 0 unspecified atom stereocenters. The molecule has 0 atom stereocenters. The molecule has 0 aliphatic heterocycles. The van der Waals surface area contributed by atoms with Gasteiger partial charge in [0.2, 0.25) is 0 Å². The van der Waals surface area contributed by atoms with Crippen LogP contribution >= 0.6 is 11.3 Å². The van der Waals surface area contributed by atoms with Gasteiger partial charge in [0.1, 0.15) is 5.82 Å². The molecule has 0 radical (unpaired) electrons. The highest BCUT2D eigenvalue weighted by atomic mass is 32.1. The fourth-order valence-electron chi connectivity index (χ4n) is 3.12. The van der Waals surface area contributed by atoms with Gasteiger partial charge in [-0.05, 0) is 60.2 Å². The van der Waals surface area contributed by atoms with Crippen molar-refractivity contribution in [2.45, 2.75) is 13.3 Å². The molecule has 3 rings (SSSR count). The Kier molecular flexibility index (Phi) is 6.95. The molecule has 0 aliphatic rings. The van der Waals surface area contributed by atoms with Crippen LogP contribution in [0, 0.1) is 6.92 Å². The van der Waals surface area contributed by atoms with Crippen LogP contribution in [0.1, 0.15) is 21.5 Å². The zero-order valence-corrected chi connectivity index (χ0v) is 18.8. The van der Waals surface area contributed by atoms with Crippen molar-refractivity contribution in [1.82, 2.24) is 10.3 Å². The first kappa shape index (κ1) is 21.6. The minimum atomic E-state index is -0.138. The van der Waals surface area contributed by atoms with E-state index >= 15 is 0 Å². The predicted molar refractivity (Wildman–Crippen MR) is 122 cm³/mol. The molecule has 2 aromatic heterocycles. The van der Waals surface area contributed by atoms with Crippen molar-refractivity contribution in [3.63, 3.8) is 0 Å². The van der Waals surface area contributed by atoms with E-state index in [1.165, 1.54) is 5.56 Å². The molecule has 1 amide bonds. The normalized spacial score (nSPS) is 10.6. The average Bonchev–Trinajstić information content (AvgIpc) is 3.19. The Morgan fingerprint density at radius 2 is 1.87 bits per heavy atom. The maximum absolute atomic E-state index is 12.8. The SMILES string of the molecule is COc1ccc(CCNC(=O)c2ccc(-c3cc(C)cs3)nc2N(C)C)cc1OC. The molecule has 1 aromatic carbocycles. The van der Waals surface area contributed by atoms with Gasteiger partial charge in [0.25, 0.3) is 5.91 Å². The van der Waals surface area contributed by atoms with Crippen LogP contribution in [-0.4, -0.2) is 45.8 Å². The topological polar surface area (TPSA) is 63.7 Å². The molecule has 0 aliphatic carbocycles. The Hall–Kier alpha value is -3.06. The Morgan fingerprint density at radius 3 is 2.50 bits per heavy atom. The van der Waals surface area contributed by atoms with Crippen molar-refractivity contribution < 1.29 is 14.3 Å². The highest BCUT2D eigenvalue weighted by molar-refractivity contribution is 7.13. The van der Waals surface area contributed by atoms with Crippen LogP contribution in [0.5, 0.6) is 11.5 Å². The van der Waals surface area contributed by atoms with Gasteiger partial charge in [-0.1, -0.05) is 6.07 Å². The van der Waals surface area contributed by atoms with Crippen LogP contribution in [0.4, 0.5) is 5.82 Å². The molecule has 6 nitrogen and oxygen atoms in total. The fourth-order valence-corrected chi connectivity index (χ4v) is 3.99. The number of amides is 1. The van der Waals surface area contributed by atoms with Crippen molar-refractivity contribution in [3.8, 4) is 22.1 Å². The highest BCUT2D eigenvalue weighted by Gasteiger charge is 2.16. The standard InChI is InChI=1S/C23H27N3O3S/c1-15-12-21(30-14-15)18-8-7-17(22(25-18)26(2)3)23(27)24-11-10-16-6-9-19(28-4)20(13-16)29-5/h6-9,12-14H,10-11H2,1-5H3,(H,24,27). The number of hydrogen-bond acceptors (Lipinski definition) is 6. The number of thiophene rings is 1. The number of carbonyl (C=O) groups is 1. The summed E-state index contributed by atoms with van der Waals surface area (Å²) in [6.07, 6.45) is 0.684. The summed E-state index contributed by atoms with van der Waals surface area (Å²) in [6, 6.07) is 11.6. The van der Waals surface area contributed by atoms with Gasteiger partial charge in [-0.2, -0.15) is 0 Å². The number of aromatic nitrogens is 1. The molecule has 0 spiro atoms. The Bertz CT molecular complexity index is 1030. The summed E-state index contributed by atoms with van der Waals surface area (Å²) in [7, 11) is 7.01. The van der Waals surface area contributed by atoms with Gasteiger partial charge in [-0.25, -0.2) is 4.98 Å². The maximum atomic E-state index is 12.8. The van der Waals surface area contributed by atoms with Crippen molar-refractivity contribution in [1.29, 1.82) is 0 Å². The fraction of sp³-hybridized carbons (Fsp3) is 0.304. The third kappa shape index (κ3) is 4.91. The summed E-state index contributed by atoms with van der Waals surface area (Å²) < 4.78 is 10.6. The van der Waals surface area contributed by atoms with Gasteiger partial charge in [-0.15, -0.1) is 11.3 Å². The van der Waals surface area contributed by atoms with Crippen molar-refractivity contribution in [3.05, 3.63) is 58.5 Å². The molecule has 2 heterocycles. The number of ether oxygens (including phenoxy) is 2. The van der Waals surface area contributed by atoms with E-state index in [2.05, 4.69) is 23.7 Å². The average molecular weight is 426 g/mol. The van der Waals surface area contributed by atoms with E-state index < -0.39 is 0 Å². The number of anilines is 1. The summed E-state index contributed by atoms with van der Waals surface area (Å²) >= 11 is 1.65. The molecule has 1 N–H and O–H groups in total. The lowest BCUT2D eigenvalue weighted by Crippen LogP contribution is -2.28. The van der Waals surface area contributed by atoms with Gasteiger partial charge in [0.05, 0.1) is 30.4 Å². The second-order valence-electron chi connectivity index (χ2n) is 7.15. The Labute approximate surface area is 181 Å². The molecule has 0 saturated carbocycles. The van der Waals surface area contributed by atoms with Gasteiger partial charge < -0.3 is 19.7 Å². The summed E-state index contributed by atoms with van der Waals surface area (Å²) in [5.74, 6) is 1.88. The minimum absolute atomic E-state index is 0.138. The number of nitrogens with zero attached hydrogens (tertiary/aromatic N) is 2. The summed E-state index contributed by atoms with van der Waals surface area (Å²) in [5, 5.41) is 5.10. The molecular formula is C23H27N3O3S. The van der Waals surface area contributed by atoms with Gasteiger partial charge in [0.15, 0.2) is 11.5 Å².